The maximum absolute atomic E-state index is 12.1. The number of rotatable bonds is 5. The highest BCUT2D eigenvalue weighted by Crippen LogP contribution is 2.21. The van der Waals surface area contributed by atoms with E-state index in [-0.39, 0.29) is 12.0 Å². The highest BCUT2D eigenvalue weighted by molar-refractivity contribution is 5.87. The van der Waals surface area contributed by atoms with Crippen molar-refractivity contribution in [2.75, 3.05) is 12.3 Å². The highest BCUT2D eigenvalue weighted by atomic mass is 16.5. The van der Waals surface area contributed by atoms with Gasteiger partial charge in [0.15, 0.2) is 0 Å². The number of imidazole rings is 1. The standard InChI is InChI=1S/C16H21N3O2/c1-11(2)9-21-16(20)15-8-18-10-19(15)12(3)13-5-4-6-14(17)7-13/h4-8,10-12H,9,17H2,1-3H3/t12-/m1/s1. The van der Waals surface area contributed by atoms with Gasteiger partial charge in [-0.3, -0.25) is 0 Å². The van der Waals surface area contributed by atoms with Gasteiger partial charge in [0, 0.05) is 5.69 Å². The van der Waals surface area contributed by atoms with Gasteiger partial charge in [0.1, 0.15) is 5.69 Å². The molecule has 1 aromatic heterocycles. The molecular weight excluding hydrogens is 266 g/mol. The topological polar surface area (TPSA) is 70.1 Å². The predicted molar refractivity (Wildman–Crippen MR) is 82.0 cm³/mol. The van der Waals surface area contributed by atoms with E-state index in [9.17, 15) is 4.79 Å². The van der Waals surface area contributed by atoms with E-state index in [2.05, 4.69) is 4.98 Å². The average Bonchev–Trinajstić information content (AvgIpc) is 2.93. The molecular formula is C16H21N3O2. The van der Waals surface area contributed by atoms with Crippen molar-refractivity contribution < 1.29 is 9.53 Å². The Hall–Kier alpha value is -2.30. The average molecular weight is 287 g/mol. The maximum atomic E-state index is 12.1. The Morgan fingerprint density at radius 1 is 1.38 bits per heavy atom. The molecule has 112 valence electrons. The van der Waals surface area contributed by atoms with E-state index in [0.29, 0.717) is 23.9 Å². The first kappa shape index (κ1) is 15.1. The van der Waals surface area contributed by atoms with Gasteiger partial charge in [0.05, 0.1) is 25.2 Å². The zero-order valence-electron chi connectivity index (χ0n) is 12.6. The van der Waals surface area contributed by atoms with Crippen molar-refractivity contribution in [3.05, 3.63) is 48.0 Å². The first-order valence-electron chi connectivity index (χ1n) is 7.03. The lowest BCUT2D eigenvalue weighted by atomic mass is 10.1. The van der Waals surface area contributed by atoms with Crippen molar-refractivity contribution in [3.8, 4) is 0 Å². The summed E-state index contributed by atoms with van der Waals surface area (Å²) < 4.78 is 7.08. The molecule has 5 heteroatoms. The number of aromatic nitrogens is 2. The predicted octanol–water partition coefficient (Wildman–Crippen LogP) is 2.89. The summed E-state index contributed by atoms with van der Waals surface area (Å²) in [4.78, 5) is 16.2. The molecule has 0 saturated heterocycles. The summed E-state index contributed by atoms with van der Waals surface area (Å²) in [5.74, 6) is -0.0476. The first-order chi connectivity index (χ1) is 9.99. The Kier molecular flexibility index (Phi) is 4.62. The second-order valence-corrected chi connectivity index (χ2v) is 5.52. The number of hydrogen-bond donors (Lipinski definition) is 1. The van der Waals surface area contributed by atoms with E-state index in [1.165, 1.54) is 6.20 Å². The molecule has 0 aliphatic carbocycles. The molecule has 0 bridgehead atoms. The number of nitrogens with two attached hydrogens (primary N) is 1. The SMILES string of the molecule is CC(C)COC(=O)c1cncn1[C@H](C)c1cccc(N)c1. The number of hydrogen-bond acceptors (Lipinski definition) is 4. The van der Waals surface area contributed by atoms with Crippen molar-refractivity contribution in [2.45, 2.75) is 26.8 Å². The van der Waals surface area contributed by atoms with Crippen molar-refractivity contribution >= 4 is 11.7 Å². The van der Waals surface area contributed by atoms with Crippen LogP contribution in [0.1, 0.15) is 42.9 Å². The molecule has 0 spiro atoms. The largest absolute Gasteiger partial charge is 0.461 e. The molecule has 2 rings (SSSR count). The lowest BCUT2D eigenvalue weighted by Gasteiger charge is -2.17. The quantitative estimate of drug-likeness (QED) is 0.678. The summed E-state index contributed by atoms with van der Waals surface area (Å²) in [7, 11) is 0. The first-order valence-corrected chi connectivity index (χ1v) is 7.03. The van der Waals surface area contributed by atoms with Crippen LogP contribution in [0.2, 0.25) is 0 Å². The van der Waals surface area contributed by atoms with Crippen LogP contribution in [-0.2, 0) is 4.74 Å². The third-order valence-corrected chi connectivity index (χ3v) is 3.23. The second kappa shape index (κ2) is 6.43. The van der Waals surface area contributed by atoms with Gasteiger partial charge in [-0.1, -0.05) is 26.0 Å². The van der Waals surface area contributed by atoms with Gasteiger partial charge in [-0.15, -0.1) is 0 Å². The second-order valence-electron chi connectivity index (χ2n) is 5.52. The monoisotopic (exact) mass is 287 g/mol. The fraction of sp³-hybridized carbons (Fsp3) is 0.375. The number of nitrogen functional groups attached to an aromatic ring is 1. The van der Waals surface area contributed by atoms with Gasteiger partial charge in [-0.2, -0.15) is 0 Å². The molecule has 5 nitrogen and oxygen atoms in total. The molecule has 0 radical (unpaired) electrons. The molecule has 0 unspecified atom stereocenters. The van der Waals surface area contributed by atoms with Gasteiger partial charge >= 0.3 is 5.97 Å². The number of benzene rings is 1. The summed E-state index contributed by atoms with van der Waals surface area (Å²) in [6.07, 6.45) is 3.17. The van der Waals surface area contributed by atoms with Crippen LogP contribution in [-0.4, -0.2) is 22.1 Å². The number of ether oxygens (including phenoxy) is 1. The molecule has 21 heavy (non-hydrogen) atoms. The van der Waals surface area contributed by atoms with Gasteiger partial charge < -0.3 is 15.0 Å². The molecule has 0 aliphatic heterocycles. The van der Waals surface area contributed by atoms with Crippen LogP contribution in [0.4, 0.5) is 5.69 Å². The molecule has 0 fully saturated rings. The third-order valence-electron chi connectivity index (χ3n) is 3.23. The zero-order valence-corrected chi connectivity index (χ0v) is 12.6. The summed E-state index contributed by atoms with van der Waals surface area (Å²) in [5, 5.41) is 0. The molecule has 1 aromatic carbocycles. The van der Waals surface area contributed by atoms with Crippen LogP contribution in [0.3, 0.4) is 0 Å². The summed E-state index contributed by atoms with van der Waals surface area (Å²) in [6.45, 7) is 6.40. The van der Waals surface area contributed by atoms with Crippen molar-refractivity contribution in [3.63, 3.8) is 0 Å². The van der Waals surface area contributed by atoms with E-state index >= 15 is 0 Å². The Bertz CT molecular complexity index is 619. The molecule has 0 saturated carbocycles. The van der Waals surface area contributed by atoms with E-state index in [0.717, 1.165) is 5.56 Å². The van der Waals surface area contributed by atoms with Crippen molar-refractivity contribution in [2.24, 2.45) is 5.92 Å². The Morgan fingerprint density at radius 2 is 2.14 bits per heavy atom. The van der Waals surface area contributed by atoms with Gasteiger partial charge in [-0.25, -0.2) is 9.78 Å². The minimum atomic E-state index is -0.350. The number of anilines is 1. The van der Waals surface area contributed by atoms with Crippen molar-refractivity contribution in [1.29, 1.82) is 0 Å². The van der Waals surface area contributed by atoms with Crippen LogP contribution >= 0.6 is 0 Å². The minimum Gasteiger partial charge on any atom is -0.461 e. The minimum absolute atomic E-state index is 0.0439. The normalized spacial score (nSPS) is 12.4. The molecule has 1 atom stereocenters. The number of carbonyl (C=O) groups is 1. The van der Waals surface area contributed by atoms with Crippen LogP contribution in [0.25, 0.3) is 0 Å². The lowest BCUT2D eigenvalue weighted by Crippen LogP contribution is -2.17. The fourth-order valence-electron chi connectivity index (χ4n) is 2.07. The number of nitrogens with zero attached hydrogens (tertiary/aromatic N) is 2. The summed E-state index contributed by atoms with van der Waals surface area (Å²) in [6, 6.07) is 7.56. The van der Waals surface area contributed by atoms with Crippen LogP contribution in [0.5, 0.6) is 0 Å². The zero-order chi connectivity index (χ0) is 15.4. The highest BCUT2D eigenvalue weighted by Gasteiger charge is 2.18. The Labute approximate surface area is 124 Å². The van der Waals surface area contributed by atoms with Crippen molar-refractivity contribution in [1.82, 2.24) is 9.55 Å². The molecule has 2 N–H and O–H groups in total. The number of carbonyl (C=O) groups excluding carboxylic acids is 1. The van der Waals surface area contributed by atoms with E-state index in [1.54, 1.807) is 10.9 Å². The van der Waals surface area contributed by atoms with E-state index in [4.69, 9.17) is 10.5 Å². The maximum Gasteiger partial charge on any atom is 0.356 e. The molecule has 2 aromatic rings. The number of esters is 1. The molecule has 1 heterocycles. The lowest BCUT2D eigenvalue weighted by molar-refractivity contribution is 0.0445. The van der Waals surface area contributed by atoms with Crippen LogP contribution in [0.15, 0.2) is 36.8 Å². The van der Waals surface area contributed by atoms with Crippen LogP contribution in [0, 0.1) is 5.92 Å². The van der Waals surface area contributed by atoms with E-state index in [1.807, 2.05) is 45.0 Å². The third kappa shape index (κ3) is 3.62. The Balaban J connectivity index is 2.21. The molecule has 0 aliphatic rings. The van der Waals surface area contributed by atoms with E-state index < -0.39 is 0 Å². The molecule has 0 amide bonds. The van der Waals surface area contributed by atoms with Gasteiger partial charge in [-0.05, 0) is 30.5 Å². The summed E-state index contributed by atoms with van der Waals surface area (Å²) >= 11 is 0. The van der Waals surface area contributed by atoms with Gasteiger partial charge in [0.25, 0.3) is 0 Å². The Morgan fingerprint density at radius 3 is 2.81 bits per heavy atom. The summed E-state index contributed by atoms with van der Waals surface area (Å²) in [5.41, 5.74) is 7.98. The van der Waals surface area contributed by atoms with Gasteiger partial charge in [0.2, 0.25) is 0 Å². The smallest absolute Gasteiger partial charge is 0.356 e. The van der Waals surface area contributed by atoms with Crippen LogP contribution < -0.4 is 5.73 Å². The fourth-order valence-corrected chi connectivity index (χ4v) is 2.07.